The molecule has 0 spiro atoms. The van der Waals surface area contributed by atoms with Gasteiger partial charge in [0.2, 0.25) is 11.8 Å². The van der Waals surface area contributed by atoms with E-state index in [1.54, 1.807) is 36.4 Å². The minimum absolute atomic E-state index is 0.0139. The molecule has 0 atom stereocenters. The number of hydrogen-bond acceptors (Lipinski definition) is 3. The number of amides is 2. The van der Waals surface area contributed by atoms with Crippen LogP contribution in [-0.2, 0) is 9.59 Å². The molecule has 0 aliphatic heterocycles. The molecule has 0 unspecified atom stereocenters. The number of anilines is 3. The SMILES string of the molecule is CCCC(=O)Nc1ccc(NC(=O)CNc2cccc(Cl)c2)cc1. The molecule has 0 saturated carbocycles. The molecule has 2 aromatic carbocycles. The molecule has 2 aromatic rings. The van der Waals surface area contributed by atoms with Crippen LogP contribution in [0.2, 0.25) is 5.02 Å². The second kappa shape index (κ2) is 8.93. The van der Waals surface area contributed by atoms with E-state index in [2.05, 4.69) is 16.0 Å². The molecule has 0 saturated heterocycles. The van der Waals surface area contributed by atoms with Gasteiger partial charge in [0.05, 0.1) is 6.54 Å². The second-order valence-electron chi connectivity index (χ2n) is 5.29. The van der Waals surface area contributed by atoms with Crippen LogP contribution >= 0.6 is 11.6 Å². The molecule has 5 nitrogen and oxygen atoms in total. The Morgan fingerprint density at radius 1 is 0.917 bits per heavy atom. The van der Waals surface area contributed by atoms with Crippen molar-refractivity contribution in [3.63, 3.8) is 0 Å². The quantitative estimate of drug-likeness (QED) is 0.706. The molecule has 3 N–H and O–H groups in total. The summed E-state index contributed by atoms with van der Waals surface area (Å²) in [4.78, 5) is 23.5. The second-order valence-corrected chi connectivity index (χ2v) is 5.72. The lowest BCUT2D eigenvalue weighted by atomic mass is 10.2. The normalized spacial score (nSPS) is 10.1. The number of hydrogen-bond donors (Lipinski definition) is 3. The fourth-order valence-corrected chi connectivity index (χ4v) is 2.26. The van der Waals surface area contributed by atoms with Gasteiger partial charge in [0.25, 0.3) is 0 Å². The van der Waals surface area contributed by atoms with Crippen LogP contribution in [0.25, 0.3) is 0 Å². The molecule has 126 valence electrons. The average Bonchev–Trinajstić information content (AvgIpc) is 2.55. The summed E-state index contributed by atoms with van der Waals surface area (Å²) in [6.45, 7) is 2.09. The van der Waals surface area contributed by atoms with Crippen molar-refractivity contribution < 1.29 is 9.59 Å². The highest BCUT2D eigenvalue weighted by Crippen LogP contribution is 2.16. The van der Waals surface area contributed by atoms with Gasteiger partial charge in [-0.1, -0.05) is 24.6 Å². The highest BCUT2D eigenvalue weighted by atomic mass is 35.5. The van der Waals surface area contributed by atoms with Gasteiger partial charge in [-0.15, -0.1) is 0 Å². The van der Waals surface area contributed by atoms with E-state index in [1.165, 1.54) is 0 Å². The van der Waals surface area contributed by atoms with Crippen LogP contribution in [0.1, 0.15) is 19.8 Å². The van der Waals surface area contributed by atoms with Crippen LogP contribution in [0.5, 0.6) is 0 Å². The first-order valence-electron chi connectivity index (χ1n) is 7.76. The zero-order chi connectivity index (χ0) is 17.4. The topological polar surface area (TPSA) is 70.2 Å². The molecule has 0 aliphatic rings. The van der Waals surface area contributed by atoms with Crippen molar-refractivity contribution in [2.45, 2.75) is 19.8 Å². The first-order valence-corrected chi connectivity index (χ1v) is 8.14. The highest BCUT2D eigenvalue weighted by Gasteiger charge is 2.04. The molecule has 2 rings (SSSR count). The summed E-state index contributed by atoms with van der Waals surface area (Å²) in [7, 11) is 0. The van der Waals surface area contributed by atoms with E-state index >= 15 is 0 Å². The maximum absolute atomic E-state index is 11.9. The molecule has 0 aliphatic carbocycles. The van der Waals surface area contributed by atoms with Gasteiger partial charge in [-0.25, -0.2) is 0 Å². The van der Waals surface area contributed by atoms with E-state index in [4.69, 9.17) is 11.6 Å². The summed E-state index contributed by atoms with van der Waals surface area (Å²) >= 11 is 5.89. The Bertz CT molecular complexity index is 702. The third-order valence-electron chi connectivity index (χ3n) is 3.21. The first-order chi connectivity index (χ1) is 11.6. The van der Waals surface area contributed by atoms with Crippen molar-refractivity contribution in [2.75, 3.05) is 22.5 Å². The standard InChI is InChI=1S/C18H20ClN3O2/c1-2-4-17(23)21-14-7-9-15(10-8-14)22-18(24)12-20-16-6-3-5-13(19)11-16/h3,5-11,20H,2,4,12H2,1H3,(H,21,23)(H,22,24). The third kappa shape index (κ3) is 5.93. The van der Waals surface area contributed by atoms with Crippen molar-refractivity contribution in [3.8, 4) is 0 Å². The molecule has 24 heavy (non-hydrogen) atoms. The van der Waals surface area contributed by atoms with Gasteiger partial charge < -0.3 is 16.0 Å². The molecule has 6 heteroatoms. The Hall–Kier alpha value is -2.53. The van der Waals surface area contributed by atoms with E-state index in [-0.39, 0.29) is 18.4 Å². The number of rotatable bonds is 7. The predicted molar refractivity (Wildman–Crippen MR) is 98.6 cm³/mol. The van der Waals surface area contributed by atoms with Crippen molar-refractivity contribution in [1.29, 1.82) is 0 Å². The summed E-state index contributed by atoms with van der Waals surface area (Å²) in [6.07, 6.45) is 1.30. The highest BCUT2D eigenvalue weighted by molar-refractivity contribution is 6.30. The molecule has 0 fully saturated rings. The summed E-state index contributed by atoms with van der Waals surface area (Å²) in [5.74, 6) is -0.183. The van der Waals surface area contributed by atoms with Crippen molar-refractivity contribution >= 4 is 40.5 Å². The number of nitrogens with one attached hydrogen (secondary N) is 3. The molecular formula is C18H20ClN3O2. The molecule has 0 radical (unpaired) electrons. The van der Waals surface area contributed by atoms with Crippen molar-refractivity contribution in [3.05, 3.63) is 53.6 Å². The van der Waals surface area contributed by atoms with Gasteiger partial charge in [-0.3, -0.25) is 9.59 Å². The Morgan fingerprint density at radius 3 is 2.12 bits per heavy atom. The van der Waals surface area contributed by atoms with Gasteiger partial charge in [-0.2, -0.15) is 0 Å². The van der Waals surface area contributed by atoms with Crippen LogP contribution in [-0.4, -0.2) is 18.4 Å². The van der Waals surface area contributed by atoms with Crippen LogP contribution in [0, 0.1) is 0 Å². The number of benzene rings is 2. The predicted octanol–water partition coefficient (Wildman–Crippen LogP) is 4.13. The van der Waals surface area contributed by atoms with Crippen LogP contribution in [0.15, 0.2) is 48.5 Å². The fraction of sp³-hybridized carbons (Fsp3) is 0.222. The Morgan fingerprint density at radius 2 is 1.54 bits per heavy atom. The number of carbonyl (C=O) groups excluding carboxylic acids is 2. The molecular weight excluding hydrogens is 326 g/mol. The monoisotopic (exact) mass is 345 g/mol. The van der Waals surface area contributed by atoms with Gasteiger partial charge in [0.1, 0.15) is 0 Å². The van der Waals surface area contributed by atoms with Crippen LogP contribution in [0.3, 0.4) is 0 Å². The van der Waals surface area contributed by atoms with Gasteiger partial charge in [-0.05, 0) is 48.9 Å². The van der Waals surface area contributed by atoms with E-state index in [0.717, 1.165) is 12.1 Å². The van der Waals surface area contributed by atoms with E-state index < -0.39 is 0 Å². The minimum atomic E-state index is -0.169. The first kappa shape index (κ1) is 17.8. The molecule has 0 aromatic heterocycles. The Labute approximate surface area is 146 Å². The van der Waals surface area contributed by atoms with Crippen molar-refractivity contribution in [2.24, 2.45) is 0 Å². The van der Waals surface area contributed by atoms with Gasteiger partial charge in [0, 0.05) is 28.5 Å². The fourth-order valence-electron chi connectivity index (χ4n) is 2.07. The number of carbonyl (C=O) groups is 2. The van der Waals surface area contributed by atoms with Gasteiger partial charge >= 0.3 is 0 Å². The summed E-state index contributed by atoms with van der Waals surface area (Å²) in [5.41, 5.74) is 2.16. The van der Waals surface area contributed by atoms with E-state index in [9.17, 15) is 9.59 Å². The van der Waals surface area contributed by atoms with Crippen LogP contribution < -0.4 is 16.0 Å². The lowest BCUT2D eigenvalue weighted by molar-refractivity contribution is -0.116. The molecule has 0 heterocycles. The lowest BCUT2D eigenvalue weighted by Crippen LogP contribution is -2.21. The zero-order valence-electron chi connectivity index (χ0n) is 13.4. The van der Waals surface area contributed by atoms with E-state index in [1.807, 2.05) is 19.1 Å². The average molecular weight is 346 g/mol. The van der Waals surface area contributed by atoms with Gasteiger partial charge in [0.15, 0.2) is 0 Å². The largest absolute Gasteiger partial charge is 0.376 e. The van der Waals surface area contributed by atoms with E-state index in [0.29, 0.717) is 22.8 Å². The number of halogens is 1. The summed E-state index contributed by atoms with van der Waals surface area (Å²) < 4.78 is 0. The Kier molecular flexibility index (Phi) is 6.63. The van der Waals surface area contributed by atoms with Crippen molar-refractivity contribution in [1.82, 2.24) is 0 Å². The smallest absolute Gasteiger partial charge is 0.243 e. The Balaban J connectivity index is 1.82. The molecule has 0 bridgehead atoms. The summed E-state index contributed by atoms with van der Waals surface area (Å²) in [5, 5.41) is 9.20. The summed E-state index contributed by atoms with van der Waals surface area (Å²) in [6, 6.07) is 14.2. The molecule has 2 amide bonds. The zero-order valence-corrected chi connectivity index (χ0v) is 14.2. The maximum atomic E-state index is 11.9. The third-order valence-corrected chi connectivity index (χ3v) is 3.44. The lowest BCUT2D eigenvalue weighted by Gasteiger charge is -2.09. The minimum Gasteiger partial charge on any atom is -0.376 e. The van der Waals surface area contributed by atoms with Crippen LogP contribution in [0.4, 0.5) is 17.1 Å². The maximum Gasteiger partial charge on any atom is 0.243 e.